The highest BCUT2D eigenvalue weighted by Crippen LogP contribution is 2.25. The van der Waals surface area contributed by atoms with E-state index in [4.69, 9.17) is 0 Å². The SMILES string of the molecule is Cc1ccccc1-c1nnc(SCC(=O)Nc2ccccc2C(=O)Nc2ccc(F)cc2)n1C. The molecule has 0 unspecified atom stereocenters. The first-order valence-corrected chi connectivity index (χ1v) is 11.4. The fraction of sp³-hybridized carbons (Fsp3) is 0.120. The Morgan fingerprint density at radius 1 is 0.941 bits per heavy atom. The summed E-state index contributed by atoms with van der Waals surface area (Å²) >= 11 is 1.26. The predicted molar refractivity (Wildman–Crippen MR) is 131 cm³/mol. The fourth-order valence-corrected chi connectivity index (χ4v) is 4.05. The summed E-state index contributed by atoms with van der Waals surface area (Å²) in [5.74, 6) is -0.270. The molecule has 9 heteroatoms. The maximum atomic E-state index is 13.1. The van der Waals surface area contributed by atoms with Crippen LogP contribution in [0, 0.1) is 12.7 Å². The van der Waals surface area contributed by atoms with Crippen molar-refractivity contribution in [2.45, 2.75) is 12.1 Å². The molecule has 2 N–H and O–H groups in total. The lowest BCUT2D eigenvalue weighted by Gasteiger charge is -2.11. The number of halogens is 1. The van der Waals surface area contributed by atoms with E-state index in [1.54, 1.807) is 24.3 Å². The summed E-state index contributed by atoms with van der Waals surface area (Å²) < 4.78 is 15.0. The summed E-state index contributed by atoms with van der Waals surface area (Å²) in [4.78, 5) is 25.3. The molecule has 0 spiro atoms. The number of thioether (sulfide) groups is 1. The molecule has 0 radical (unpaired) electrons. The first-order chi connectivity index (χ1) is 16.4. The van der Waals surface area contributed by atoms with Gasteiger partial charge in [0.2, 0.25) is 5.91 Å². The number of benzene rings is 3. The molecule has 0 aliphatic heterocycles. The van der Waals surface area contributed by atoms with Gasteiger partial charge in [0.15, 0.2) is 11.0 Å². The van der Waals surface area contributed by atoms with Gasteiger partial charge in [0.1, 0.15) is 5.82 Å². The van der Waals surface area contributed by atoms with Crippen molar-refractivity contribution in [3.8, 4) is 11.4 Å². The lowest BCUT2D eigenvalue weighted by Crippen LogP contribution is -2.19. The van der Waals surface area contributed by atoms with Crippen molar-refractivity contribution in [3.05, 3.63) is 89.7 Å². The molecule has 0 bridgehead atoms. The van der Waals surface area contributed by atoms with Crippen LogP contribution in [-0.4, -0.2) is 32.3 Å². The van der Waals surface area contributed by atoms with E-state index in [0.29, 0.717) is 22.1 Å². The van der Waals surface area contributed by atoms with Crippen LogP contribution in [0.25, 0.3) is 11.4 Å². The van der Waals surface area contributed by atoms with E-state index in [1.165, 1.54) is 36.0 Å². The van der Waals surface area contributed by atoms with Gasteiger partial charge in [-0.1, -0.05) is 48.2 Å². The summed E-state index contributed by atoms with van der Waals surface area (Å²) in [6.07, 6.45) is 0. The van der Waals surface area contributed by atoms with Crippen molar-refractivity contribution in [1.29, 1.82) is 0 Å². The van der Waals surface area contributed by atoms with Gasteiger partial charge in [0.05, 0.1) is 17.0 Å². The molecule has 0 saturated heterocycles. The normalized spacial score (nSPS) is 10.7. The van der Waals surface area contributed by atoms with Crippen molar-refractivity contribution in [2.24, 2.45) is 7.05 Å². The number of carbonyl (C=O) groups is 2. The summed E-state index contributed by atoms with van der Waals surface area (Å²) in [6, 6.07) is 20.1. The molecule has 0 aliphatic carbocycles. The second-order valence-electron chi connectivity index (χ2n) is 7.52. The molecule has 0 fully saturated rings. The molecule has 1 heterocycles. The molecule has 34 heavy (non-hydrogen) atoms. The van der Waals surface area contributed by atoms with Crippen molar-refractivity contribution >= 4 is 35.0 Å². The zero-order valence-corrected chi connectivity index (χ0v) is 19.4. The van der Waals surface area contributed by atoms with Gasteiger partial charge in [-0.25, -0.2) is 4.39 Å². The van der Waals surface area contributed by atoms with Gasteiger partial charge >= 0.3 is 0 Å². The van der Waals surface area contributed by atoms with Crippen molar-refractivity contribution in [1.82, 2.24) is 14.8 Å². The number of para-hydroxylation sites is 1. The van der Waals surface area contributed by atoms with Crippen LogP contribution in [-0.2, 0) is 11.8 Å². The number of carbonyl (C=O) groups excluding carboxylic acids is 2. The van der Waals surface area contributed by atoms with Gasteiger partial charge in [0.25, 0.3) is 5.91 Å². The summed E-state index contributed by atoms with van der Waals surface area (Å²) in [5.41, 5.74) is 3.20. The van der Waals surface area contributed by atoms with Gasteiger partial charge in [0, 0.05) is 18.3 Å². The average molecular weight is 476 g/mol. The van der Waals surface area contributed by atoms with E-state index >= 15 is 0 Å². The topological polar surface area (TPSA) is 88.9 Å². The molecule has 3 aromatic carbocycles. The lowest BCUT2D eigenvalue weighted by atomic mass is 10.1. The number of nitrogens with one attached hydrogen (secondary N) is 2. The molecule has 1 aromatic heterocycles. The van der Waals surface area contributed by atoms with Crippen LogP contribution in [0.2, 0.25) is 0 Å². The molecule has 4 aromatic rings. The van der Waals surface area contributed by atoms with Crippen molar-refractivity contribution in [3.63, 3.8) is 0 Å². The molecule has 172 valence electrons. The number of rotatable bonds is 7. The maximum Gasteiger partial charge on any atom is 0.257 e. The Bertz CT molecular complexity index is 1340. The monoisotopic (exact) mass is 475 g/mol. The van der Waals surface area contributed by atoms with E-state index < -0.39 is 11.7 Å². The number of aromatic nitrogens is 3. The fourth-order valence-electron chi connectivity index (χ4n) is 3.34. The van der Waals surface area contributed by atoms with Gasteiger partial charge in [-0.15, -0.1) is 10.2 Å². The first kappa shape index (κ1) is 23.2. The molecule has 0 aliphatic rings. The Balaban J connectivity index is 1.41. The minimum Gasteiger partial charge on any atom is -0.325 e. The minimum absolute atomic E-state index is 0.0909. The lowest BCUT2D eigenvalue weighted by molar-refractivity contribution is -0.113. The van der Waals surface area contributed by atoms with E-state index in [2.05, 4.69) is 20.8 Å². The summed E-state index contributed by atoms with van der Waals surface area (Å²) in [7, 11) is 1.86. The smallest absolute Gasteiger partial charge is 0.257 e. The number of hydrogen-bond acceptors (Lipinski definition) is 5. The molecule has 2 amide bonds. The molecule has 0 atom stereocenters. The summed E-state index contributed by atoms with van der Waals surface area (Å²) in [6.45, 7) is 2.01. The Kier molecular flexibility index (Phi) is 7.03. The highest BCUT2D eigenvalue weighted by Gasteiger charge is 2.16. The molecular weight excluding hydrogens is 453 g/mol. The Labute approximate surface area is 200 Å². The Hall–Kier alpha value is -3.98. The zero-order chi connectivity index (χ0) is 24.1. The standard InChI is InChI=1S/C25H22FN5O2S/c1-16-7-3-4-8-19(16)23-29-30-25(31(23)2)34-15-22(32)28-21-10-6-5-9-20(21)24(33)27-18-13-11-17(26)12-14-18/h3-14H,15H2,1-2H3,(H,27,33)(H,28,32). The van der Waals surface area contributed by atoms with E-state index in [-0.39, 0.29) is 11.7 Å². The van der Waals surface area contributed by atoms with E-state index in [9.17, 15) is 14.0 Å². The number of hydrogen-bond donors (Lipinski definition) is 2. The average Bonchev–Trinajstić information content (AvgIpc) is 3.20. The quantitative estimate of drug-likeness (QED) is 0.371. The van der Waals surface area contributed by atoms with Crippen LogP contribution in [0.15, 0.2) is 78.0 Å². The Morgan fingerprint density at radius 2 is 1.65 bits per heavy atom. The molecule has 0 saturated carbocycles. The van der Waals surface area contributed by atoms with Crippen molar-refractivity contribution in [2.75, 3.05) is 16.4 Å². The largest absolute Gasteiger partial charge is 0.325 e. The van der Waals surface area contributed by atoms with Gasteiger partial charge in [-0.3, -0.25) is 9.59 Å². The molecular formula is C25H22FN5O2S. The summed E-state index contributed by atoms with van der Waals surface area (Å²) in [5, 5.41) is 14.6. The second kappa shape index (κ2) is 10.3. The van der Waals surface area contributed by atoms with Gasteiger partial charge < -0.3 is 15.2 Å². The molecule has 4 rings (SSSR count). The number of anilines is 2. The van der Waals surface area contributed by atoms with Crippen LogP contribution in [0.3, 0.4) is 0 Å². The van der Waals surface area contributed by atoms with Crippen molar-refractivity contribution < 1.29 is 14.0 Å². The van der Waals surface area contributed by atoms with Crippen LogP contribution >= 0.6 is 11.8 Å². The predicted octanol–water partition coefficient (Wildman–Crippen LogP) is 4.91. The van der Waals surface area contributed by atoms with Crippen LogP contribution in [0.5, 0.6) is 0 Å². The van der Waals surface area contributed by atoms with Crippen LogP contribution in [0.1, 0.15) is 15.9 Å². The van der Waals surface area contributed by atoms with E-state index in [1.807, 2.05) is 42.8 Å². The van der Waals surface area contributed by atoms with E-state index in [0.717, 1.165) is 17.0 Å². The van der Waals surface area contributed by atoms with Gasteiger partial charge in [-0.2, -0.15) is 0 Å². The third-order valence-electron chi connectivity index (χ3n) is 5.10. The van der Waals surface area contributed by atoms with Crippen LogP contribution in [0.4, 0.5) is 15.8 Å². The van der Waals surface area contributed by atoms with Gasteiger partial charge in [-0.05, 0) is 48.9 Å². The Morgan fingerprint density at radius 3 is 2.41 bits per heavy atom. The third-order valence-corrected chi connectivity index (χ3v) is 6.12. The third kappa shape index (κ3) is 5.32. The molecule has 7 nitrogen and oxygen atoms in total. The maximum absolute atomic E-state index is 13.1. The number of nitrogens with zero attached hydrogens (tertiary/aromatic N) is 3. The first-order valence-electron chi connectivity index (χ1n) is 10.5. The van der Waals surface area contributed by atoms with Crippen LogP contribution < -0.4 is 10.6 Å². The number of amides is 2. The minimum atomic E-state index is -0.411. The highest BCUT2D eigenvalue weighted by atomic mass is 32.2. The second-order valence-corrected chi connectivity index (χ2v) is 8.47. The zero-order valence-electron chi connectivity index (χ0n) is 18.6. The number of aryl methyl sites for hydroxylation is 1. The highest BCUT2D eigenvalue weighted by molar-refractivity contribution is 7.99.